The third kappa shape index (κ3) is 4.83. The fourth-order valence-corrected chi connectivity index (χ4v) is 0.718. The molecule has 0 atom stereocenters. The Hall–Kier alpha value is 0.467. The molecule has 0 aromatic heterocycles. The normalized spacial score (nSPS) is 8.27. The smallest absolute Gasteiger partial charge is 0 e. The van der Waals surface area contributed by atoms with Crippen LogP contribution in [-0.2, 0) is 39.0 Å². The van der Waals surface area contributed by atoms with Crippen LogP contribution in [0.15, 0.2) is 18.2 Å². The summed E-state index contributed by atoms with van der Waals surface area (Å²) in [5.74, 6) is 0.583. The van der Waals surface area contributed by atoms with E-state index in [4.69, 9.17) is 0 Å². The van der Waals surface area contributed by atoms with Crippen LogP contribution >= 0.6 is 0 Å². The summed E-state index contributed by atoms with van der Waals surface area (Å²) in [4.78, 5) is 0. The Kier molecular flexibility index (Phi) is 9.09. The molecule has 0 aliphatic rings. The Morgan fingerprint density at radius 1 is 1.27 bits per heavy atom. The van der Waals surface area contributed by atoms with Crippen molar-refractivity contribution in [3.63, 3.8) is 0 Å². The summed E-state index contributed by atoms with van der Waals surface area (Å²) in [5, 5.41) is 0. The quantitative estimate of drug-likeness (QED) is 0.550. The van der Waals surface area contributed by atoms with Gasteiger partial charge in [-0.3, -0.25) is 17.7 Å². The summed E-state index contributed by atoms with van der Waals surface area (Å²) in [6, 6.07) is 11.8. The monoisotopic (exact) mass is 324 g/mol. The van der Waals surface area contributed by atoms with Crippen LogP contribution in [0.4, 0.5) is 0 Å². The van der Waals surface area contributed by atoms with Crippen LogP contribution in [0.2, 0.25) is 0 Å². The SMILES string of the molecule is CC(C)c1[c-]c[c-]cc1.[Rh].[Rh]. The van der Waals surface area contributed by atoms with Gasteiger partial charge in [0.1, 0.15) is 0 Å². The maximum atomic E-state index is 3.11. The molecule has 0 amide bonds. The summed E-state index contributed by atoms with van der Waals surface area (Å²) in [7, 11) is 0. The molecule has 2 heteroatoms. The molecule has 0 saturated carbocycles. The van der Waals surface area contributed by atoms with Crippen molar-refractivity contribution in [1.29, 1.82) is 0 Å². The summed E-state index contributed by atoms with van der Waals surface area (Å²) < 4.78 is 0. The van der Waals surface area contributed by atoms with Crippen LogP contribution in [0.1, 0.15) is 25.3 Å². The first-order chi connectivity index (χ1) is 4.30. The van der Waals surface area contributed by atoms with Crippen molar-refractivity contribution in [2.75, 3.05) is 0 Å². The Morgan fingerprint density at radius 2 is 1.91 bits per heavy atom. The van der Waals surface area contributed by atoms with Crippen molar-refractivity contribution >= 4 is 0 Å². The molecule has 0 fully saturated rings. The molecule has 0 aliphatic heterocycles. The third-order valence-corrected chi connectivity index (χ3v) is 1.30. The van der Waals surface area contributed by atoms with Gasteiger partial charge in [0.15, 0.2) is 0 Å². The molecular formula is C9H10Rh2-2. The Morgan fingerprint density at radius 3 is 2.18 bits per heavy atom. The van der Waals surface area contributed by atoms with Crippen LogP contribution in [0.5, 0.6) is 0 Å². The zero-order chi connectivity index (χ0) is 6.69. The van der Waals surface area contributed by atoms with Crippen molar-refractivity contribution in [2.45, 2.75) is 19.8 Å². The van der Waals surface area contributed by atoms with Gasteiger partial charge in [-0.25, -0.2) is 0 Å². The van der Waals surface area contributed by atoms with Gasteiger partial charge in [-0.05, 0) is 0 Å². The van der Waals surface area contributed by atoms with Gasteiger partial charge < -0.3 is 18.2 Å². The average molecular weight is 324 g/mol. The maximum absolute atomic E-state index is 3.11. The number of hydrogen-bond acceptors (Lipinski definition) is 0. The van der Waals surface area contributed by atoms with E-state index in [2.05, 4.69) is 26.0 Å². The minimum Gasteiger partial charge on any atom is -0.359 e. The van der Waals surface area contributed by atoms with E-state index in [9.17, 15) is 0 Å². The predicted molar refractivity (Wildman–Crippen MR) is 38.2 cm³/mol. The van der Waals surface area contributed by atoms with E-state index in [0.29, 0.717) is 5.92 Å². The standard InChI is InChI=1S/C9H10.2Rh/c1-8(2)9-6-4-3-5-7-9;;/h4-6,8H,1-2H3;;/q-2;;. The molecule has 0 bridgehead atoms. The van der Waals surface area contributed by atoms with Crippen molar-refractivity contribution in [2.24, 2.45) is 0 Å². The first-order valence-electron chi connectivity index (χ1n) is 3.18. The number of rotatable bonds is 1. The van der Waals surface area contributed by atoms with Crippen molar-refractivity contribution in [3.05, 3.63) is 35.9 Å². The molecule has 1 rings (SSSR count). The van der Waals surface area contributed by atoms with E-state index in [1.165, 1.54) is 5.56 Å². The topological polar surface area (TPSA) is 0 Å². The second kappa shape index (κ2) is 7.13. The van der Waals surface area contributed by atoms with Crippen LogP contribution in [0, 0.1) is 12.1 Å². The molecule has 0 N–H and O–H groups in total. The number of hydrogen-bond donors (Lipinski definition) is 0. The molecule has 1 aromatic rings. The van der Waals surface area contributed by atoms with Gasteiger partial charge in [0.05, 0.1) is 0 Å². The summed E-state index contributed by atoms with van der Waals surface area (Å²) in [6.45, 7) is 4.32. The third-order valence-electron chi connectivity index (χ3n) is 1.30. The minimum absolute atomic E-state index is 0. The molecule has 11 heavy (non-hydrogen) atoms. The van der Waals surface area contributed by atoms with Crippen LogP contribution in [-0.4, -0.2) is 0 Å². The van der Waals surface area contributed by atoms with Crippen molar-refractivity contribution in [1.82, 2.24) is 0 Å². The van der Waals surface area contributed by atoms with Crippen LogP contribution < -0.4 is 0 Å². The number of benzene rings is 1. The van der Waals surface area contributed by atoms with Crippen molar-refractivity contribution < 1.29 is 39.0 Å². The molecule has 0 aliphatic carbocycles. The maximum Gasteiger partial charge on any atom is 0 e. The second-order valence-electron chi connectivity index (χ2n) is 2.40. The molecule has 0 heterocycles. The largest absolute Gasteiger partial charge is 0.359 e. The molecule has 1 aromatic carbocycles. The Labute approximate surface area is 94.3 Å². The van der Waals surface area contributed by atoms with E-state index in [1.807, 2.05) is 18.2 Å². The molecule has 0 unspecified atom stereocenters. The summed E-state index contributed by atoms with van der Waals surface area (Å²) in [6.07, 6.45) is 0. The molecule has 0 nitrogen and oxygen atoms in total. The van der Waals surface area contributed by atoms with E-state index < -0.39 is 0 Å². The van der Waals surface area contributed by atoms with Crippen molar-refractivity contribution in [3.8, 4) is 0 Å². The van der Waals surface area contributed by atoms with E-state index in [0.717, 1.165) is 0 Å². The van der Waals surface area contributed by atoms with Gasteiger partial charge in [-0.2, -0.15) is 0 Å². The first kappa shape index (κ1) is 14.0. The fourth-order valence-electron chi connectivity index (χ4n) is 0.718. The zero-order valence-corrected chi connectivity index (χ0v) is 9.75. The second-order valence-corrected chi connectivity index (χ2v) is 2.40. The Balaban J connectivity index is 0. The van der Waals surface area contributed by atoms with Gasteiger partial charge in [0.25, 0.3) is 0 Å². The zero-order valence-electron chi connectivity index (χ0n) is 6.48. The summed E-state index contributed by atoms with van der Waals surface area (Å²) in [5.41, 5.74) is 1.26. The molecule has 0 spiro atoms. The van der Waals surface area contributed by atoms with Gasteiger partial charge in [-0.15, -0.1) is 0 Å². The molecule has 66 valence electrons. The van der Waals surface area contributed by atoms with Crippen LogP contribution in [0.3, 0.4) is 0 Å². The molecule has 0 saturated heterocycles. The van der Waals surface area contributed by atoms with E-state index in [1.54, 1.807) is 0 Å². The van der Waals surface area contributed by atoms with Gasteiger partial charge in [0, 0.05) is 39.0 Å². The van der Waals surface area contributed by atoms with Gasteiger partial charge in [0.2, 0.25) is 0 Å². The fraction of sp³-hybridized carbons (Fsp3) is 0.333. The predicted octanol–water partition coefficient (Wildman–Crippen LogP) is 2.41. The van der Waals surface area contributed by atoms with E-state index in [-0.39, 0.29) is 39.0 Å². The first-order valence-corrected chi connectivity index (χ1v) is 3.18. The molecule has 2 radical (unpaired) electrons. The van der Waals surface area contributed by atoms with Gasteiger partial charge >= 0.3 is 0 Å². The summed E-state index contributed by atoms with van der Waals surface area (Å²) >= 11 is 0. The minimum atomic E-state index is 0. The Bertz CT molecular complexity index is 170. The van der Waals surface area contributed by atoms with Crippen LogP contribution in [0.25, 0.3) is 0 Å². The van der Waals surface area contributed by atoms with E-state index >= 15 is 0 Å². The average Bonchev–Trinajstić information content (AvgIpc) is 1.90. The van der Waals surface area contributed by atoms with Gasteiger partial charge in [-0.1, -0.05) is 19.8 Å². The molecular weight excluding hydrogens is 314 g/mol.